The summed E-state index contributed by atoms with van der Waals surface area (Å²) < 4.78 is 4.86. The molecule has 9 heteroatoms. The molecule has 0 saturated heterocycles. The number of carboxylic acid groups (broad SMARTS) is 1. The number of rotatable bonds is 8. The van der Waals surface area contributed by atoms with E-state index >= 15 is 0 Å². The molecule has 1 aromatic carbocycles. The van der Waals surface area contributed by atoms with Gasteiger partial charge in [0.25, 0.3) is 0 Å². The van der Waals surface area contributed by atoms with Crippen molar-refractivity contribution in [3.05, 3.63) is 47.7 Å². The third kappa shape index (κ3) is 5.62. The maximum absolute atomic E-state index is 12.1. The number of benzene rings is 1. The van der Waals surface area contributed by atoms with E-state index in [2.05, 4.69) is 15.8 Å². The summed E-state index contributed by atoms with van der Waals surface area (Å²) in [5.74, 6) is -1.12. The second-order valence-corrected chi connectivity index (χ2v) is 6.84. The molecular weight excluding hydrogens is 358 g/mol. The van der Waals surface area contributed by atoms with Crippen molar-refractivity contribution < 1.29 is 24.0 Å². The first-order valence-corrected chi connectivity index (χ1v) is 8.84. The quantitative estimate of drug-likeness (QED) is 0.643. The fourth-order valence-electron chi connectivity index (χ4n) is 2.07. The topological polar surface area (TPSA) is 122 Å². The van der Waals surface area contributed by atoms with Gasteiger partial charge in [-0.1, -0.05) is 35.5 Å². The number of carbonyl (C=O) groups excluding carboxylic acids is 2. The van der Waals surface area contributed by atoms with Crippen LogP contribution in [0.4, 0.5) is 5.82 Å². The van der Waals surface area contributed by atoms with Gasteiger partial charge < -0.3 is 20.3 Å². The van der Waals surface area contributed by atoms with Crippen LogP contribution in [0.5, 0.6) is 0 Å². The van der Waals surface area contributed by atoms with Crippen molar-refractivity contribution in [2.24, 2.45) is 0 Å². The molecule has 1 unspecified atom stereocenters. The van der Waals surface area contributed by atoms with E-state index in [4.69, 9.17) is 4.52 Å². The number of anilines is 1. The number of amides is 2. The Kier molecular flexibility index (Phi) is 6.79. The smallest absolute Gasteiger partial charge is 0.330 e. The van der Waals surface area contributed by atoms with E-state index in [1.807, 2.05) is 0 Å². The second-order valence-electron chi connectivity index (χ2n) is 5.51. The lowest BCUT2D eigenvalue weighted by atomic mass is 10.1. The molecule has 0 bridgehead atoms. The largest absolute Gasteiger partial charge is 0.479 e. The van der Waals surface area contributed by atoms with Crippen molar-refractivity contribution in [3.63, 3.8) is 0 Å². The maximum atomic E-state index is 12.1. The summed E-state index contributed by atoms with van der Waals surface area (Å²) in [4.78, 5) is 35.5. The fourth-order valence-corrected chi connectivity index (χ4v) is 2.76. The van der Waals surface area contributed by atoms with E-state index in [-0.39, 0.29) is 11.7 Å². The number of thioether (sulfide) groups is 1. The molecule has 3 N–H and O–H groups in total. The van der Waals surface area contributed by atoms with Crippen LogP contribution in [0, 0.1) is 6.92 Å². The van der Waals surface area contributed by atoms with Crippen molar-refractivity contribution in [3.8, 4) is 0 Å². The molecule has 2 aromatic rings. The van der Waals surface area contributed by atoms with Crippen LogP contribution in [0.2, 0.25) is 0 Å². The first-order chi connectivity index (χ1) is 12.4. The van der Waals surface area contributed by atoms with Gasteiger partial charge in [-0.2, -0.15) is 0 Å². The molecule has 0 aliphatic heterocycles. The molecular formula is C17H19N3O5S. The standard InChI is InChI=1S/C17H19N3O5S/c1-10-8-13(20-25-10)18-16(22)11(2)26-9-14(21)19-15(17(23)24)12-6-4-3-5-7-12/h3-8,11,15H,9H2,1-2H3,(H,19,21)(H,23,24)(H,18,20,22)/t11?,15-/m1/s1. The zero-order valence-corrected chi connectivity index (χ0v) is 15.1. The molecule has 2 atom stereocenters. The molecule has 0 fully saturated rings. The normalized spacial score (nSPS) is 12.8. The zero-order valence-electron chi connectivity index (χ0n) is 14.3. The Morgan fingerprint density at radius 3 is 2.54 bits per heavy atom. The number of carboxylic acids is 1. The first-order valence-electron chi connectivity index (χ1n) is 7.79. The van der Waals surface area contributed by atoms with Gasteiger partial charge in [0.15, 0.2) is 11.9 Å². The number of nitrogens with one attached hydrogen (secondary N) is 2. The Morgan fingerprint density at radius 2 is 1.96 bits per heavy atom. The Hall–Kier alpha value is -2.81. The van der Waals surface area contributed by atoms with Gasteiger partial charge in [-0.3, -0.25) is 9.59 Å². The van der Waals surface area contributed by atoms with Gasteiger partial charge in [0.2, 0.25) is 11.8 Å². The molecule has 0 radical (unpaired) electrons. The predicted molar refractivity (Wildman–Crippen MR) is 96.8 cm³/mol. The Balaban J connectivity index is 1.84. The number of nitrogens with zero attached hydrogens (tertiary/aromatic N) is 1. The second kappa shape index (κ2) is 9.04. The first kappa shape index (κ1) is 19.5. The SMILES string of the molecule is Cc1cc(NC(=O)C(C)SCC(=O)N[C@@H](C(=O)O)c2ccccc2)no1. The number of aryl methyl sites for hydroxylation is 1. The lowest BCUT2D eigenvalue weighted by molar-refractivity contribution is -0.141. The van der Waals surface area contributed by atoms with Crippen LogP contribution < -0.4 is 10.6 Å². The highest BCUT2D eigenvalue weighted by Gasteiger charge is 2.23. The molecule has 0 saturated carbocycles. The number of aromatic nitrogens is 1. The van der Waals surface area contributed by atoms with Gasteiger partial charge >= 0.3 is 5.97 Å². The summed E-state index contributed by atoms with van der Waals surface area (Å²) in [6.07, 6.45) is 0. The van der Waals surface area contributed by atoms with E-state index in [9.17, 15) is 19.5 Å². The van der Waals surface area contributed by atoms with Crippen LogP contribution in [-0.2, 0) is 14.4 Å². The van der Waals surface area contributed by atoms with Crippen LogP contribution in [0.15, 0.2) is 40.9 Å². The maximum Gasteiger partial charge on any atom is 0.330 e. The van der Waals surface area contributed by atoms with Crippen LogP contribution in [0.1, 0.15) is 24.3 Å². The van der Waals surface area contributed by atoms with Gasteiger partial charge in [-0.15, -0.1) is 11.8 Å². The van der Waals surface area contributed by atoms with Gasteiger partial charge in [-0.05, 0) is 19.4 Å². The number of aliphatic carboxylic acids is 1. The Labute approximate surface area is 154 Å². The lowest BCUT2D eigenvalue weighted by Gasteiger charge is -2.15. The predicted octanol–water partition coefficient (Wildman–Crippen LogP) is 1.99. The summed E-state index contributed by atoms with van der Waals surface area (Å²) in [6.45, 7) is 3.35. The van der Waals surface area contributed by atoms with E-state index < -0.39 is 23.2 Å². The minimum Gasteiger partial charge on any atom is -0.479 e. The molecule has 1 aromatic heterocycles. The van der Waals surface area contributed by atoms with Crippen LogP contribution in [-0.4, -0.2) is 39.0 Å². The number of hydrogen-bond acceptors (Lipinski definition) is 6. The van der Waals surface area contributed by atoms with E-state index in [1.54, 1.807) is 50.2 Å². The number of hydrogen-bond donors (Lipinski definition) is 3. The lowest BCUT2D eigenvalue weighted by Crippen LogP contribution is -2.35. The van der Waals surface area contributed by atoms with Crippen LogP contribution >= 0.6 is 11.8 Å². The fraction of sp³-hybridized carbons (Fsp3) is 0.294. The van der Waals surface area contributed by atoms with Crippen molar-refractivity contribution in [2.45, 2.75) is 25.1 Å². The molecule has 8 nitrogen and oxygen atoms in total. The average Bonchev–Trinajstić information content (AvgIpc) is 3.02. The summed E-state index contributed by atoms with van der Waals surface area (Å²) in [5.41, 5.74) is 0.477. The Bertz CT molecular complexity index is 778. The third-order valence-electron chi connectivity index (χ3n) is 3.40. The molecule has 2 amide bonds. The van der Waals surface area contributed by atoms with E-state index in [0.29, 0.717) is 17.1 Å². The number of carbonyl (C=O) groups is 3. The zero-order chi connectivity index (χ0) is 19.1. The molecule has 1 heterocycles. The molecule has 0 aliphatic rings. The Morgan fingerprint density at radius 1 is 1.27 bits per heavy atom. The monoisotopic (exact) mass is 377 g/mol. The third-order valence-corrected chi connectivity index (χ3v) is 4.54. The van der Waals surface area contributed by atoms with Crippen molar-refractivity contribution in [2.75, 3.05) is 11.1 Å². The summed E-state index contributed by atoms with van der Waals surface area (Å²) in [6, 6.07) is 8.86. The molecule has 0 aliphatic carbocycles. The van der Waals surface area contributed by atoms with Gasteiger partial charge in [0, 0.05) is 6.07 Å². The summed E-state index contributed by atoms with van der Waals surface area (Å²) in [5, 5.41) is 17.5. The van der Waals surface area contributed by atoms with Gasteiger partial charge in [0.05, 0.1) is 11.0 Å². The van der Waals surface area contributed by atoms with Crippen molar-refractivity contribution in [1.82, 2.24) is 10.5 Å². The van der Waals surface area contributed by atoms with E-state index in [1.165, 1.54) is 0 Å². The van der Waals surface area contributed by atoms with Crippen molar-refractivity contribution in [1.29, 1.82) is 0 Å². The highest BCUT2D eigenvalue weighted by Crippen LogP contribution is 2.16. The molecule has 26 heavy (non-hydrogen) atoms. The van der Waals surface area contributed by atoms with Gasteiger partial charge in [-0.25, -0.2) is 4.79 Å². The summed E-state index contributed by atoms with van der Waals surface area (Å²) >= 11 is 1.09. The molecule has 2 rings (SSSR count). The van der Waals surface area contributed by atoms with E-state index in [0.717, 1.165) is 11.8 Å². The minimum atomic E-state index is -1.15. The molecule has 0 spiro atoms. The van der Waals surface area contributed by atoms with Crippen molar-refractivity contribution >= 4 is 35.4 Å². The highest BCUT2D eigenvalue weighted by atomic mass is 32.2. The average molecular weight is 377 g/mol. The summed E-state index contributed by atoms with van der Waals surface area (Å²) in [7, 11) is 0. The van der Waals surface area contributed by atoms with Crippen LogP contribution in [0.3, 0.4) is 0 Å². The van der Waals surface area contributed by atoms with Crippen LogP contribution in [0.25, 0.3) is 0 Å². The van der Waals surface area contributed by atoms with Gasteiger partial charge in [0.1, 0.15) is 5.76 Å². The molecule has 138 valence electrons. The minimum absolute atomic E-state index is 0.0525. The highest BCUT2D eigenvalue weighted by molar-refractivity contribution is 8.01.